The zero-order chi connectivity index (χ0) is 7.49. The Morgan fingerprint density at radius 1 is 2.00 bits per heavy atom. The summed E-state index contributed by atoms with van der Waals surface area (Å²) in [5.74, 6) is -0.984. The molecule has 0 saturated heterocycles. The van der Waals surface area contributed by atoms with Crippen LogP contribution in [0.4, 0.5) is 0 Å². The average molecular weight is 151 g/mol. The predicted molar refractivity (Wildman–Crippen MR) is 35.0 cm³/mol. The number of hydrogen-bond acceptors (Lipinski definition) is 3. The van der Waals surface area contributed by atoms with E-state index in [1.807, 2.05) is 0 Å². The highest BCUT2D eigenvalue weighted by Crippen LogP contribution is 2.44. The highest BCUT2D eigenvalue weighted by molar-refractivity contribution is 7.53. The molecule has 0 aromatic carbocycles. The van der Waals surface area contributed by atoms with E-state index in [9.17, 15) is 4.57 Å². The molecule has 0 amide bonds. The van der Waals surface area contributed by atoms with E-state index in [0.29, 0.717) is 0 Å². The quantitative estimate of drug-likeness (QED) is 0.449. The third kappa shape index (κ3) is 2.28. The molecule has 5 heteroatoms. The van der Waals surface area contributed by atoms with Gasteiger partial charge in [-0.25, -0.2) is 0 Å². The summed E-state index contributed by atoms with van der Waals surface area (Å²) >= 11 is 0. The lowest BCUT2D eigenvalue weighted by molar-refractivity contribution is 0.310. The summed E-state index contributed by atoms with van der Waals surface area (Å²) in [5.41, 5.74) is 5.11. The maximum Gasteiger partial charge on any atom is 0.348 e. The smallest absolute Gasteiger partial charge is 0.323 e. The largest absolute Gasteiger partial charge is 0.348 e. The molecule has 0 spiro atoms. The van der Waals surface area contributed by atoms with Gasteiger partial charge in [0.1, 0.15) is 5.78 Å². The Morgan fingerprint density at radius 3 is 2.56 bits per heavy atom. The monoisotopic (exact) mass is 151 g/mol. The molecule has 2 atom stereocenters. The summed E-state index contributed by atoms with van der Waals surface area (Å²) in [6.07, 6.45) is 1.17. The van der Waals surface area contributed by atoms with Crippen molar-refractivity contribution in [2.24, 2.45) is 5.73 Å². The molecule has 54 valence electrons. The van der Waals surface area contributed by atoms with Gasteiger partial charge in [-0.15, -0.1) is 6.58 Å². The molecule has 0 fully saturated rings. The van der Waals surface area contributed by atoms with Gasteiger partial charge in [0.25, 0.3) is 0 Å². The minimum absolute atomic E-state index is 0.984. The number of hydrogen-bond donors (Lipinski definition) is 2. The van der Waals surface area contributed by atoms with Crippen LogP contribution in [0.15, 0.2) is 12.7 Å². The zero-order valence-corrected chi connectivity index (χ0v) is 6.04. The molecule has 4 nitrogen and oxygen atoms in total. The van der Waals surface area contributed by atoms with Crippen molar-refractivity contribution in [1.82, 2.24) is 0 Å². The molecule has 0 heterocycles. The summed E-state index contributed by atoms with van der Waals surface area (Å²) in [6, 6.07) is 0. The van der Waals surface area contributed by atoms with Crippen LogP contribution in [-0.2, 0) is 9.09 Å². The molecule has 0 rings (SSSR count). The molecule has 0 aromatic rings. The molecule has 3 N–H and O–H groups in total. The first-order valence-electron chi connectivity index (χ1n) is 2.31. The van der Waals surface area contributed by atoms with Crippen LogP contribution in [0, 0.1) is 0 Å². The Morgan fingerprint density at radius 2 is 2.44 bits per heavy atom. The Labute approximate surface area is 53.9 Å². The molecule has 0 aliphatic rings. The van der Waals surface area contributed by atoms with E-state index >= 15 is 0 Å². The minimum atomic E-state index is -3.60. The van der Waals surface area contributed by atoms with Crippen LogP contribution in [0.1, 0.15) is 0 Å². The molecule has 0 bridgehead atoms. The third-order valence-corrected chi connectivity index (χ3v) is 2.37. The van der Waals surface area contributed by atoms with Crippen LogP contribution < -0.4 is 5.73 Å². The van der Waals surface area contributed by atoms with Crippen molar-refractivity contribution in [2.75, 3.05) is 7.11 Å². The van der Waals surface area contributed by atoms with Crippen molar-refractivity contribution >= 4 is 7.60 Å². The molecule has 0 aliphatic carbocycles. The summed E-state index contributed by atoms with van der Waals surface area (Å²) in [5, 5.41) is 0. The molecular weight excluding hydrogens is 141 g/mol. The van der Waals surface area contributed by atoms with Crippen LogP contribution >= 0.6 is 7.60 Å². The van der Waals surface area contributed by atoms with E-state index in [4.69, 9.17) is 10.6 Å². The van der Waals surface area contributed by atoms with Gasteiger partial charge in [0.15, 0.2) is 0 Å². The lowest BCUT2D eigenvalue weighted by Crippen LogP contribution is -2.17. The second kappa shape index (κ2) is 3.13. The van der Waals surface area contributed by atoms with Crippen molar-refractivity contribution in [3.63, 3.8) is 0 Å². The van der Waals surface area contributed by atoms with Gasteiger partial charge in [-0.1, -0.05) is 6.08 Å². The van der Waals surface area contributed by atoms with E-state index in [2.05, 4.69) is 11.1 Å². The highest BCUT2D eigenvalue weighted by atomic mass is 31.2. The third-order valence-electron chi connectivity index (χ3n) is 0.880. The molecule has 0 radical (unpaired) electrons. The van der Waals surface area contributed by atoms with Gasteiger partial charge in [0, 0.05) is 7.11 Å². The molecule has 0 aromatic heterocycles. The average Bonchev–Trinajstić information content (AvgIpc) is 1.86. The van der Waals surface area contributed by atoms with Crippen LogP contribution in [0.3, 0.4) is 0 Å². The van der Waals surface area contributed by atoms with E-state index < -0.39 is 13.4 Å². The fourth-order valence-electron chi connectivity index (χ4n) is 0.255. The fraction of sp³-hybridized carbons (Fsp3) is 0.500. The van der Waals surface area contributed by atoms with Crippen molar-refractivity contribution < 1.29 is 14.0 Å². The zero-order valence-electron chi connectivity index (χ0n) is 5.15. The van der Waals surface area contributed by atoms with Gasteiger partial charge in [0.05, 0.1) is 0 Å². The topological polar surface area (TPSA) is 72.6 Å². The first-order chi connectivity index (χ1) is 4.04. The summed E-state index contributed by atoms with van der Waals surface area (Å²) in [6.45, 7) is 3.24. The first-order valence-corrected chi connectivity index (χ1v) is 3.95. The Kier molecular flexibility index (Phi) is 3.08. The van der Waals surface area contributed by atoms with Crippen LogP contribution in [0.5, 0.6) is 0 Å². The lowest BCUT2D eigenvalue weighted by atomic mass is 10.7. The van der Waals surface area contributed by atoms with E-state index in [1.54, 1.807) is 0 Å². The van der Waals surface area contributed by atoms with Gasteiger partial charge in [-0.05, 0) is 0 Å². The van der Waals surface area contributed by atoms with Gasteiger partial charge in [-0.3, -0.25) is 4.57 Å². The predicted octanol–water partition coefficient (Wildman–Crippen LogP) is 0.289. The van der Waals surface area contributed by atoms with Gasteiger partial charge >= 0.3 is 7.60 Å². The van der Waals surface area contributed by atoms with E-state index in [-0.39, 0.29) is 0 Å². The second-order valence-corrected chi connectivity index (χ2v) is 3.56. The van der Waals surface area contributed by atoms with Crippen LogP contribution in [0.25, 0.3) is 0 Å². The molecule has 9 heavy (non-hydrogen) atoms. The van der Waals surface area contributed by atoms with Crippen LogP contribution in [-0.4, -0.2) is 17.8 Å². The van der Waals surface area contributed by atoms with Crippen molar-refractivity contribution in [3.05, 3.63) is 12.7 Å². The standard InChI is InChI=1S/C4H10NO3P/c1-3-4(5)9(6,7)8-2/h3-4H,1,5H2,2H3,(H,6,7). The fourth-order valence-corrected chi connectivity index (χ4v) is 0.765. The van der Waals surface area contributed by atoms with Crippen molar-refractivity contribution in [1.29, 1.82) is 0 Å². The molecule has 2 unspecified atom stereocenters. The maximum absolute atomic E-state index is 10.7. The summed E-state index contributed by atoms with van der Waals surface area (Å²) in [4.78, 5) is 8.73. The molecule has 0 aliphatic heterocycles. The Bertz CT molecular complexity index is 147. The van der Waals surface area contributed by atoms with Gasteiger partial charge in [-0.2, -0.15) is 0 Å². The van der Waals surface area contributed by atoms with E-state index in [1.165, 1.54) is 6.08 Å². The first kappa shape index (κ1) is 8.85. The maximum atomic E-state index is 10.7. The Balaban J connectivity index is 4.14. The van der Waals surface area contributed by atoms with Crippen LogP contribution in [0.2, 0.25) is 0 Å². The summed E-state index contributed by atoms with van der Waals surface area (Å²) < 4.78 is 14.9. The number of nitrogens with two attached hydrogens (primary N) is 1. The lowest BCUT2D eigenvalue weighted by Gasteiger charge is -2.11. The minimum Gasteiger partial charge on any atom is -0.323 e. The van der Waals surface area contributed by atoms with Gasteiger partial charge in [0.2, 0.25) is 0 Å². The highest BCUT2D eigenvalue weighted by Gasteiger charge is 2.23. The van der Waals surface area contributed by atoms with Crippen molar-refractivity contribution in [2.45, 2.75) is 5.78 Å². The Hall–Kier alpha value is -0.150. The molecular formula is C4H10NO3P. The van der Waals surface area contributed by atoms with Gasteiger partial charge < -0.3 is 15.2 Å². The normalized spacial score (nSPS) is 20.3. The molecule has 0 saturated carbocycles. The SMILES string of the molecule is C=CC(N)P(=O)(O)OC. The number of rotatable bonds is 3. The van der Waals surface area contributed by atoms with Crippen molar-refractivity contribution in [3.8, 4) is 0 Å². The van der Waals surface area contributed by atoms with E-state index in [0.717, 1.165) is 7.11 Å². The second-order valence-electron chi connectivity index (χ2n) is 1.47. The summed E-state index contributed by atoms with van der Waals surface area (Å²) in [7, 11) is -2.48.